The molecule has 0 aromatic heterocycles. The van der Waals surface area contributed by atoms with Crippen LogP contribution in [-0.4, -0.2) is 0 Å². The average molecular weight is 413 g/mol. The molecule has 3 rings (SSSR count). The van der Waals surface area contributed by atoms with Gasteiger partial charge in [-0.3, -0.25) is 0 Å². The lowest BCUT2D eigenvalue weighted by Gasteiger charge is -2.19. The second-order valence-electron chi connectivity index (χ2n) is 5.64. The SMILES string of the molecule is CCCC/C=C(/C)[S+]1c2ccccc2Sc2ccccc21.[O-][Cl+3]([O-])([O-])[O-]. The maximum Gasteiger partial charge on any atom is 0.180 e. The fourth-order valence-corrected chi connectivity index (χ4v) is 6.38. The first-order valence-electron chi connectivity index (χ1n) is 8.20. The monoisotopic (exact) mass is 412 g/mol. The van der Waals surface area contributed by atoms with E-state index in [1.165, 1.54) is 43.7 Å². The van der Waals surface area contributed by atoms with Crippen molar-refractivity contribution in [3.63, 3.8) is 0 Å². The van der Waals surface area contributed by atoms with Gasteiger partial charge in [0.2, 0.25) is 0 Å². The Hall–Kier alpha value is -0.990. The molecular weight excluding hydrogens is 392 g/mol. The molecule has 140 valence electrons. The zero-order valence-electron chi connectivity index (χ0n) is 14.6. The summed E-state index contributed by atoms with van der Waals surface area (Å²) in [4.78, 5) is 7.34. The highest BCUT2D eigenvalue weighted by atomic mass is 35.7. The Morgan fingerprint density at radius 2 is 1.42 bits per heavy atom. The van der Waals surface area contributed by atoms with Crippen LogP contribution in [0.15, 0.2) is 79.1 Å². The van der Waals surface area contributed by atoms with E-state index in [1.54, 1.807) is 0 Å². The quantitative estimate of drug-likeness (QED) is 0.560. The maximum atomic E-state index is 8.49. The molecular formula is C19H21ClO4S2. The van der Waals surface area contributed by atoms with Crippen molar-refractivity contribution in [2.45, 2.75) is 52.7 Å². The molecule has 26 heavy (non-hydrogen) atoms. The predicted molar refractivity (Wildman–Crippen MR) is 94.2 cm³/mol. The van der Waals surface area contributed by atoms with Crippen LogP contribution in [0, 0.1) is 10.2 Å². The van der Waals surface area contributed by atoms with Gasteiger partial charge >= 0.3 is 0 Å². The number of hydrogen-bond donors (Lipinski definition) is 0. The maximum absolute atomic E-state index is 8.49. The van der Waals surface area contributed by atoms with Crippen molar-refractivity contribution in [2.24, 2.45) is 0 Å². The van der Waals surface area contributed by atoms with Gasteiger partial charge in [0.25, 0.3) is 0 Å². The zero-order chi connectivity index (χ0) is 19.2. The van der Waals surface area contributed by atoms with Gasteiger partial charge in [0.15, 0.2) is 9.79 Å². The van der Waals surface area contributed by atoms with Crippen LogP contribution in [0.1, 0.15) is 33.1 Å². The van der Waals surface area contributed by atoms with Crippen molar-refractivity contribution in [3.8, 4) is 0 Å². The molecule has 1 heterocycles. The first-order chi connectivity index (χ1) is 12.3. The Bertz CT molecular complexity index is 708. The third-order valence-corrected chi connectivity index (χ3v) is 7.48. The summed E-state index contributed by atoms with van der Waals surface area (Å²) < 4.78 is 34.0. The molecule has 0 amide bonds. The Balaban J connectivity index is 0.000000431. The van der Waals surface area contributed by atoms with Crippen molar-refractivity contribution >= 4 is 22.7 Å². The molecule has 0 aliphatic carbocycles. The van der Waals surface area contributed by atoms with E-state index in [2.05, 4.69) is 68.5 Å². The number of unbranched alkanes of at least 4 members (excludes halogenated alkanes) is 2. The average Bonchev–Trinajstić information content (AvgIpc) is 2.58. The van der Waals surface area contributed by atoms with Crippen LogP contribution in [0.5, 0.6) is 0 Å². The molecule has 0 unspecified atom stereocenters. The molecule has 0 fully saturated rings. The smallest absolute Gasteiger partial charge is 0.180 e. The van der Waals surface area contributed by atoms with E-state index in [1.807, 2.05) is 11.8 Å². The highest BCUT2D eigenvalue weighted by Gasteiger charge is 2.37. The van der Waals surface area contributed by atoms with Gasteiger partial charge in [0.05, 0.1) is 20.7 Å². The van der Waals surface area contributed by atoms with Crippen molar-refractivity contribution in [1.82, 2.24) is 0 Å². The number of hydrogen-bond acceptors (Lipinski definition) is 5. The molecule has 0 radical (unpaired) electrons. The largest absolute Gasteiger partial charge is 0.222 e. The summed E-state index contributed by atoms with van der Waals surface area (Å²) in [5, 5.41) is 0. The van der Waals surface area contributed by atoms with E-state index in [0.717, 1.165) is 0 Å². The molecule has 0 spiro atoms. The summed E-state index contributed by atoms with van der Waals surface area (Å²) in [6.07, 6.45) is 6.20. The van der Waals surface area contributed by atoms with Gasteiger partial charge in [-0.05, 0) is 43.2 Å². The molecule has 0 saturated heterocycles. The van der Waals surface area contributed by atoms with Crippen molar-refractivity contribution in [3.05, 3.63) is 59.5 Å². The minimum atomic E-state index is -4.94. The van der Waals surface area contributed by atoms with Crippen LogP contribution < -0.4 is 18.6 Å². The summed E-state index contributed by atoms with van der Waals surface area (Å²) in [6, 6.07) is 17.8. The van der Waals surface area contributed by atoms with E-state index < -0.39 is 10.2 Å². The summed E-state index contributed by atoms with van der Waals surface area (Å²) in [6.45, 7) is 4.57. The van der Waals surface area contributed by atoms with Gasteiger partial charge in [-0.15, -0.1) is 10.2 Å². The number of allylic oxidation sites excluding steroid dienone is 2. The summed E-state index contributed by atoms with van der Waals surface area (Å²) in [5.74, 6) is 0. The summed E-state index contributed by atoms with van der Waals surface area (Å²) >= 11 is 1.91. The Morgan fingerprint density at radius 3 is 1.88 bits per heavy atom. The van der Waals surface area contributed by atoms with Crippen LogP contribution in [-0.2, 0) is 10.9 Å². The molecule has 0 bridgehead atoms. The molecule has 2 aromatic rings. The van der Waals surface area contributed by atoms with Gasteiger partial charge in [-0.1, -0.05) is 49.4 Å². The molecule has 0 N–H and O–H groups in total. The highest BCUT2D eigenvalue weighted by molar-refractivity contribution is 8.05. The van der Waals surface area contributed by atoms with Crippen LogP contribution in [0.25, 0.3) is 0 Å². The molecule has 0 saturated carbocycles. The third kappa shape index (κ3) is 6.32. The number of benzene rings is 2. The second-order valence-corrected chi connectivity index (χ2v) is 9.61. The molecule has 2 aromatic carbocycles. The van der Waals surface area contributed by atoms with Crippen LogP contribution >= 0.6 is 11.8 Å². The van der Waals surface area contributed by atoms with E-state index >= 15 is 0 Å². The van der Waals surface area contributed by atoms with Gasteiger partial charge < -0.3 is 0 Å². The fraction of sp³-hybridized carbons (Fsp3) is 0.263. The highest BCUT2D eigenvalue weighted by Crippen LogP contribution is 2.47. The number of fused-ring (bicyclic) bond motifs is 2. The lowest BCUT2D eigenvalue weighted by Crippen LogP contribution is -2.68. The van der Waals surface area contributed by atoms with Crippen LogP contribution in [0.4, 0.5) is 0 Å². The molecule has 0 atom stereocenters. The van der Waals surface area contributed by atoms with Crippen molar-refractivity contribution in [1.29, 1.82) is 0 Å². The first-order valence-corrected chi connectivity index (χ1v) is 11.5. The van der Waals surface area contributed by atoms with Gasteiger partial charge in [0.1, 0.15) is 4.91 Å². The van der Waals surface area contributed by atoms with Crippen LogP contribution in [0.2, 0.25) is 0 Å². The minimum Gasteiger partial charge on any atom is -0.222 e. The lowest BCUT2D eigenvalue weighted by atomic mass is 10.2. The number of halogens is 1. The zero-order valence-corrected chi connectivity index (χ0v) is 17.0. The topological polar surface area (TPSA) is 92.2 Å². The predicted octanol–water partition coefficient (Wildman–Crippen LogP) is 1.53. The van der Waals surface area contributed by atoms with E-state index in [-0.39, 0.29) is 10.9 Å². The molecule has 4 nitrogen and oxygen atoms in total. The van der Waals surface area contributed by atoms with Gasteiger partial charge in [0, 0.05) is 6.92 Å². The second kappa shape index (κ2) is 9.80. The molecule has 1 aliphatic rings. The van der Waals surface area contributed by atoms with E-state index in [0.29, 0.717) is 0 Å². The molecule has 7 heteroatoms. The Morgan fingerprint density at radius 1 is 0.962 bits per heavy atom. The third-order valence-electron chi connectivity index (χ3n) is 3.67. The standard InChI is InChI=1S/C19H21S2.ClHO4/c1-3-4-5-10-15(2)21-18-13-8-6-11-16(18)20-17-12-7-9-14-19(17)21;2-1(3,4)5/h6-14H,3-5H2,1-2H3;(H,2,3,4,5)/q+1;/p-1/b15-10-;. The Kier molecular flexibility index (Phi) is 8.04. The van der Waals surface area contributed by atoms with E-state index in [4.69, 9.17) is 18.6 Å². The fourth-order valence-electron chi connectivity index (χ4n) is 2.58. The van der Waals surface area contributed by atoms with Crippen molar-refractivity contribution in [2.75, 3.05) is 0 Å². The first kappa shape index (κ1) is 21.3. The van der Waals surface area contributed by atoms with Gasteiger partial charge in [-0.2, -0.15) is 0 Å². The summed E-state index contributed by atoms with van der Waals surface area (Å²) in [7, 11) is -4.85. The minimum absolute atomic E-state index is 0.0975. The van der Waals surface area contributed by atoms with E-state index in [9.17, 15) is 0 Å². The number of rotatable bonds is 4. The normalized spacial score (nSPS) is 14.2. The molecule has 1 aliphatic heterocycles. The summed E-state index contributed by atoms with van der Waals surface area (Å²) in [5.41, 5.74) is 0. The van der Waals surface area contributed by atoms with Gasteiger partial charge in [-0.25, -0.2) is 18.6 Å². The lowest BCUT2D eigenvalue weighted by molar-refractivity contribution is -2.00. The Labute approximate surface area is 163 Å². The van der Waals surface area contributed by atoms with Crippen LogP contribution in [0.3, 0.4) is 0 Å². The van der Waals surface area contributed by atoms with Crippen molar-refractivity contribution < 1.29 is 28.9 Å².